The van der Waals surface area contributed by atoms with Gasteiger partial charge >= 0.3 is 6.03 Å². The second-order valence-corrected chi connectivity index (χ2v) is 6.43. The normalized spacial score (nSPS) is 10.6. The number of hydrogen-bond donors (Lipinski definition) is 2. The van der Waals surface area contributed by atoms with Crippen LogP contribution in [0.2, 0.25) is 0 Å². The van der Waals surface area contributed by atoms with E-state index in [2.05, 4.69) is 10.6 Å². The number of nitrogens with one attached hydrogen (secondary N) is 2. The molecule has 0 spiro atoms. The molecular weight excluding hydrogens is 354 g/mol. The van der Waals surface area contributed by atoms with Crippen LogP contribution in [-0.4, -0.2) is 23.4 Å². The molecule has 1 aromatic heterocycles. The maximum absolute atomic E-state index is 12.3. The molecule has 3 rings (SSSR count). The van der Waals surface area contributed by atoms with E-state index in [1.807, 2.05) is 77.7 Å². The number of furan rings is 1. The van der Waals surface area contributed by atoms with Gasteiger partial charge < -0.3 is 9.73 Å². The van der Waals surface area contributed by atoms with Crippen LogP contribution in [0.4, 0.5) is 4.79 Å². The molecule has 0 aliphatic rings. The lowest BCUT2D eigenvalue weighted by Crippen LogP contribution is -2.44. The van der Waals surface area contributed by atoms with Crippen LogP contribution < -0.4 is 10.6 Å². The molecule has 0 atom stereocenters. The van der Waals surface area contributed by atoms with Crippen LogP contribution in [-0.2, 0) is 24.4 Å². The average molecular weight is 377 g/mol. The molecule has 6 nitrogen and oxygen atoms in total. The van der Waals surface area contributed by atoms with Crippen LogP contribution in [0.25, 0.3) is 0 Å². The first-order valence-corrected chi connectivity index (χ1v) is 9.09. The van der Waals surface area contributed by atoms with E-state index in [1.165, 1.54) is 0 Å². The predicted octanol–water partition coefficient (Wildman–Crippen LogP) is 3.31. The van der Waals surface area contributed by atoms with Crippen LogP contribution in [0, 0.1) is 0 Å². The molecule has 2 N–H and O–H groups in total. The Morgan fingerprint density at radius 1 is 0.821 bits per heavy atom. The summed E-state index contributed by atoms with van der Waals surface area (Å²) < 4.78 is 5.40. The molecule has 28 heavy (non-hydrogen) atoms. The summed E-state index contributed by atoms with van der Waals surface area (Å²) in [5, 5.41) is 5.08. The van der Waals surface area contributed by atoms with E-state index < -0.39 is 6.03 Å². The van der Waals surface area contributed by atoms with Gasteiger partial charge in [0.25, 0.3) is 0 Å². The Balaban J connectivity index is 1.53. The van der Waals surface area contributed by atoms with Crippen molar-refractivity contribution in [3.05, 3.63) is 95.9 Å². The van der Waals surface area contributed by atoms with E-state index in [-0.39, 0.29) is 12.5 Å². The van der Waals surface area contributed by atoms with Crippen LogP contribution >= 0.6 is 0 Å². The number of benzene rings is 2. The van der Waals surface area contributed by atoms with Crippen LogP contribution in [0.15, 0.2) is 83.5 Å². The van der Waals surface area contributed by atoms with Gasteiger partial charge in [-0.25, -0.2) is 4.79 Å². The summed E-state index contributed by atoms with van der Waals surface area (Å²) in [6.45, 7) is 1.48. The number of nitrogens with zero attached hydrogens (tertiary/aromatic N) is 1. The van der Waals surface area contributed by atoms with E-state index in [0.717, 1.165) is 16.9 Å². The van der Waals surface area contributed by atoms with Gasteiger partial charge in [-0.1, -0.05) is 60.7 Å². The molecule has 0 aliphatic heterocycles. The number of carbonyl (C=O) groups excluding carboxylic acids is 2. The number of hydrogen-bond acceptors (Lipinski definition) is 4. The van der Waals surface area contributed by atoms with Crippen molar-refractivity contribution in [1.29, 1.82) is 0 Å². The zero-order valence-corrected chi connectivity index (χ0v) is 15.5. The highest BCUT2D eigenvalue weighted by Gasteiger charge is 2.15. The lowest BCUT2D eigenvalue weighted by Gasteiger charge is -2.20. The first-order valence-electron chi connectivity index (χ1n) is 9.09. The van der Waals surface area contributed by atoms with Crippen molar-refractivity contribution in [2.24, 2.45) is 0 Å². The van der Waals surface area contributed by atoms with Gasteiger partial charge in [-0.2, -0.15) is 0 Å². The van der Waals surface area contributed by atoms with Gasteiger partial charge in [0.05, 0.1) is 19.4 Å². The monoisotopic (exact) mass is 377 g/mol. The third kappa shape index (κ3) is 6.41. The zero-order chi connectivity index (χ0) is 19.6. The highest BCUT2D eigenvalue weighted by Crippen LogP contribution is 2.10. The first-order chi connectivity index (χ1) is 13.7. The van der Waals surface area contributed by atoms with Crippen LogP contribution in [0.5, 0.6) is 0 Å². The van der Waals surface area contributed by atoms with Crippen LogP contribution in [0.1, 0.15) is 16.9 Å². The van der Waals surface area contributed by atoms with Crippen LogP contribution in [0.3, 0.4) is 0 Å². The van der Waals surface area contributed by atoms with Gasteiger partial charge in [-0.05, 0) is 23.3 Å². The SMILES string of the molecule is O=C(CN(Cc1ccccc1)Cc1ccco1)NC(=O)NCc1ccccc1. The summed E-state index contributed by atoms with van der Waals surface area (Å²) in [6, 6.07) is 22.6. The molecule has 1 heterocycles. The van der Waals surface area contributed by atoms with E-state index in [9.17, 15) is 9.59 Å². The Morgan fingerprint density at radius 3 is 2.14 bits per heavy atom. The molecule has 0 bridgehead atoms. The molecule has 144 valence electrons. The number of urea groups is 1. The number of amides is 3. The fourth-order valence-corrected chi connectivity index (χ4v) is 2.82. The molecule has 3 amide bonds. The Hall–Kier alpha value is -3.38. The summed E-state index contributed by atoms with van der Waals surface area (Å²) in [4.78, 5) is 26.3. The van der Waals surface area contributed by atoms with Gasteiger partial charge in [0.1, 0.15) is 5.76 Å². The van der Waals surface area contributed by atoms with Gasteiger partial charge in [0, 0.05) is 13.1 Å². The van der Waals surface area contributed by atoms with Gasteiger partial charge in [-0.15, -0.1) is 0 Å². The van der Waals surface area contributed by atoms with E-state index in [0.29, 0.717) is 19.6 Å². The van der Waals surface area contributed by atoms with E-state index in [4.69, 9.17) is 4.42 Å². The average Bonchev–Trinajstić information content (AvgIpc) is 3.21. The second-order valence-electron chi connectivity index (χ2n) is 6.43. The van der Waals surface area contributed by atoms with Crippen molar-refractivity contribution >= 4 is 11.9 Å². The van der Waals surface area contributed by atoms with Gasteiger partial charge in [-0.3, -0.25) is 15.0 Å². The molecule has 0 aliphatic carbocycles. The van der Waals surface area contributed by atoms with Crippen molar-refractivity contribution < 1.29 is 14.0 Å². The Bertz CT molecular complexity index is 865. The Morgan fingerprint density at radius 2 is 1.50 bits per heavy atom. The second kappa shape index (κ2) is 10.1. The van der Waals surface area contributed by atoms with Gasteiger partial charge in [0.2, 0.25) is 5.91 Å². The first kappa shape index (κ1) is 19.4. The predicted molar refractivity (Wildman–Crippen MR) is 106 cm³/mol. The quantitative estimate of drug-likeness (QED) is 0.632. The standard InChI is InChI=1S/C22H23N3O3/c26-21(24-22(27)23-14-18-8-3-1-4-9-18)17-25(16-20-12-7-13-28-20)15-19-10-5-2-6-11-19/h1-13H,14-17H2,(H2,23,24,26,27). The van der Waals surface area contributed by atoms with Crippen molar-refractivity contribution in [3.63, 3.8) is 0 Å². The Kier molecular flexibility index (Phi) is 6.98. The van der Waals surface area contributed by atoms with Gasteiger partial charge in [0.15, 0.2) is 0 Å². The molecule has 3 aromatic rings. The summed E-state index contributed by atoms with van der Waals surface area (Å²) >= 11 is 0. The third-order valence-corrected chi connectivity index (χ3v) is 4.12. The third-order valence-electron chi connectivity index (χ3n) is 4.12. The van der Waals surface area contributed by atoms with Crippen molar-refractivity contribution in [3.8, 4) is 0 Å². The molecule has 0 saturated carbocycles. The summed E-state index contributed by atoms with van der Waals surface area (Å²) in [5.74, 6) is 0.394. The maximum atomic E-state index is 12.3. The number of carbonyl (C=O) groups is 2. The summed E-state index contributed by atoms with van der Waals surface area (Å²) in [5.41, 5.74) is 2.05. The largest absolute Gasteiger partial charge is 0.468 e. The number of imide groups is 1. The van der Waals surface area contributed by atoms with E-state index in [1.54, 1.807) is 6.26 Å². The molecule has 0 saturated heterocycles. The fraction of sp³-hybridized carbons (Fsp3) is 0.182. The minimum atomic E-state index is -0.508. The summed E-state index contributed by atoms with van der Waals surface area (Å²) in [7, 11) is 0. The number of rotatable bonds is 8. The van der Waals surface area contributed by atoms with Crippen molar-refractivity contribution in [2.75, 3.05) is 6.54 Å². The van der Waals surface area contributed by atoms with Crippen molar-refractivity contribution in [2.45, 2.75) is 19.6 Å². The van der Waals surface area contributed by atoms with E-state index >= 15 is 0 Å². The highest BCUT2D eigenvalue weighted by molar-refractivity contribution is 5.95. The lowest BCUT2D eigenvalue weighted by molar-refractivity contribution is -0.121. The molecule has 0 radical (unpaired) electrons. The van der Waals surface area contributed by atoms with Crippen molar-refractivity contribution in [1.82, 2.24) is 15.5 Å². The zero-order valence-electron chi connectivity index (χ0n) is 15.5. The molecular formula is C22H23N3O3. The minimum Gasteiger partial charge on any atom is -0.468 e. The highest BCUT2D eigenvalue weighted by atomic mass is 16.3. The smallest absolute Gasteiger partial charge is 0.321 e. The molecule has 2 aromatic carbocycles. The Labute approximate surface area is 164 Å². The topological polar surface area (TPSA) is 74.6 Å². The molecule has 0 unspecified atom stereocenters. The molecule has 0 fully saturated rings. The summed E-state index contributed by atoms with van der Waals surface area (Å²) in [6.07, 6.45) is 1.60. The fourth-order valence-electron chi connectivity index (χ4n) is 2.82. The molecule has 6 heteroatoms. The minimum absolute atomic E-state index is 0.0777. The maximum Gasteiger partial charge on any atom is 0.321 e. The lowest BCUT2D eigenvalue weighted by atomic mass is 10.2.